The molecule has 0 aromatic rings. The maximum absolute atomic E-state index is 9.07. The maximum atomic E-state index is 9.07. The molecule has 2 atom stereocenters. The standard InChI is InChI=1S/C8H18O3/c1-3-5-6-7(4-2)8(9)11-10/h7-10H,3-6H2,1-2H3. The first-order valence-corrected chi connectivity index (χ1v) is 4.24. The Labute approximate surface area is 67.9 Å². The van der Waals surface area contributed by atoms with Crippen molar-refractivity contribution in [2.45, 2.75) is 45.8 Å². The van der Waals surface area contributed by atoms with Crippen molar-refractivity contribution < 1.29 is 15.3 Å². The smallest absolute Gasteiger partial charge is 0.191 e. The quantitative estimate of drug-likeness (QED) is 0.357. The molecular weight excluding hydrogens is 144 g/mol. The minimum atomic E-state index is -1.01. The van der Waals surface area contributed by atoms with Gasteiger partial charge in [-0.05, 0) is 12.8 Å². The van der Waals surface area contributed by atoms with Gasteiger partial charge in [-0.1, -0.05) is 26.7 Å². The highest BCUT2D eigenvalue weighted by Gasteiger charge is 2.16. The van der Waals surface area contributed by atoms with Crippen LogP contribution in [-0.4, -0.2) is 16.7 Å². The molecule has 0 aliphatic heterocycles. The van der Waals surface area contributed by atoms with Gasteiger partial charge in [0.1, 0.15) is 0 Å². The zero-order valence-corrected chi connectivity index (χ0v) is 7.29. The molecule has 2 unspecified atom stereocenters. The van der Waals surface area contributed by atoms with E-state index >= 15 is 0 Å². The second kappa shape index (κ2) is 6.58. The monoisotopic (exact) mass is 162 g/mol. The van der Waals surface area contributed by atoms with E-state index in [0.29, 0.717) is 0 Å². The lowest BCUT2D eigenvalue weighted by atomic mass is 9.99. The van der Waals surface area contributed by atoms with E-state index < -0.39 is 6.29 Å². The number of rotatable bonds is 6. The van der Waals surface area contributed by atoms with Gasteiger partial charge in [0, 0.05) is 5.92 Å². The van der Waals surface area contributed by atoms with Crippen molar-refractivity contribution in [2.24, 2.45) is 5.92 Å². The molecular formula is C8H18O3. The van der Waals surface area contributed by atoms with E-state index in [-0.39, 0.29) is 5.92 Å². The van der Waals surface area contributed by atoms with Crippen molar-refractivity contribution in [3.8, 4) is 0 Å². The number of unbranched alkanes of at least 4 members (excludes halogenated alkanes) is 1. The van der Waals surface area contributed by atoms with Crippen molar-refractivity contribution in [3.63, 3.8) is 0 Å². The van der Waals surface area contributed by atoms with Crippen LogP contribution in [0, 0.1) is 5.92 Å². The molecule has 0 bridgehead atoms. The topological polar surface area (TPSA) is 49.7 Å². The van der Waals surface area contributed by atoms with Crippen molar-refractivity contribution in [1.29, 1.82) is 0 Å². The van der Waals surface area contributed by atoms with Crippen LogP contribution in [0.15, 0.2) is 0 Å². The van der Waals surface area contributed by atoms with Gasteiger partial charge >= 0.3 is 0 Å². The van der Waals surface area contributed by atoms with Crippen LogP contribution in [0.1, 0.15) is 39.5 Å². The van der Waals surface area contributed by atoms with Crippen molar-refractivity contribution in [2.75, 3.05) is 0 Å². The lowest BCUT2D eigenvalue weighted by Gasteiger charge is -2.17. The summed E-state index contributed by atoms with van der Waals surface area (Å²) in [5.41, 5.74) is 0. The van der Waals surface area contributed by atoms with Crippen LogP contribution in [0.4, 0.5) is 0 Å². The molecule has 0 amide bonds. The largest absolute Gasteiger partial charge is 0.365 e. The molecule has 3 heteroatoms. The summed E-state index contributed by atoms with van der Waals surface area (Å²) in [4.78, 5) is 3.86. The fourth-order valence-corrected chi connectivity index (χ4v) is 1.10. The summed E-state index contributed by atoms with van der Waals surface area (Å²) < 4.78 is 0. The minimum Gasteiger partial charge on any atom is -0.365 e. The Bertz CT molecular complexity index is 85.4. The van der Waals surface area contributed by atoms with Crippen molar-refractivity contribution in [3.05, 3.63) is 0 Å². The average molecular weight is 162 g/mol. The minimum absolute atomic E-state index is 0.0694. The second-order valence-corrected chi connectivity index (χ2v) is 2.81. The highest BCUT2D eigenvalue weighted by Crippen LogP contribution is 2.16. The summed E-state index contributed by atoms with van der Waals surface area (Å²) in [6.07, 6.45) is 2.91. The Morgan fingerprint density at radius 1 is 1.36 bits per heavy atom. The van der Waals surface area contributed by atoms with E-state index in [1.165, 1.54) is 0 Å². The van der Waals surface area contributed by atoms with E-state index in [2.05, 4.69) is 11.8 Å². The lowest BCUT2D eigenvalue weighted by molar-refractivity contribution is -0.348. The predicted molar refractivity (Wildman–Crippen MR) is 43.0 cm³/mol. The Hall–Kier alpha value is -0.120. The molecule has 0 rings (SSSR count). The molecule has 0 heterocycles. The average Bonchev–Trinajstić information content (AvgIpc) is 2.05. The summed E-state index contributed by atoms with van der Waals surface area (Å²) in [5.74, 6) is 0.0694. The van der Waals surface area contributed by atoms with Crippen LogP contribution in [0.2, 0.25) is 0 Å². The van der Waals surface area contributed by atoms with Crippen LogP contribution >= 0.6 is 0 Å². The van der Waals surface area contributed by atoms with Gasteiger partial charge in [-0.3, -0.25) is 0 Å². The number of hydrogen-bond acceptors (Lipinski definition) is 3. The number of hydrogen-bond donors (Lipinski definition) is 2. The number of aliphatic hydroxyl groups is 1. The normalized spacial score (nSPS) is 16.4. The predicted octanol–water partition coefficient (Wildman–Crippen LogP) is 2.01. The highest BCUT2D eigenvalue weighted by molar-refractivity contribution is 4.58. The highest BCUT2D eigenvalue weighted by atomic mass is 17.1. The van der Waals surface area contributed by atoms with Gasteiger partial charge in [-0.15, -0.1) is 0 Å². The molecule has 0 fully saturated rings. The van der Waals surface area contributed by atoms with Crippen LogP contribution in [0.3, 0.4) is 0 Å². The Morgan fingerprint density at radius 3 is 2.36 bits per heavy atom. The van der Waals surface area contributed by atoms with E-state index in [1.807, 2.05) is 6.92 Å². The van der Waals surface area contributed by atoms with E-state index in [1.54, 1.807) is 0 Å². The van der Waals surface area contributed by atoms with Gasteiger partial charge in [0.05, 0.1) is 0 Å². The van der Waals surface area contributed by atoms with Gasteiger partial charge in [0.25, 0.3) is 0 Å². The first kappa shape index (κ1) is 10.9. The molecule has 0 aliphatic rings. The van der Waals surface area contributed by atoms with Crippen molar-refractivity contribution >= 4 is 0 Å². The van der Waals surface area contributed by atoms with Gasteiger partial charge in [-0.25, -0.2) is 10.1 Å². The molecule has 0 aromatic heterocycles. The molecule has 2 N–H and O–H groups in total. The molecule has 0 saturated heterocycles. The third-order valence-corrected chi connectivity index (χ3v) is 1.96. The number of aliphatic hydroxyl groups excluding tert-OH is 1. The molecule has 11 heavy (non-hydrogen) atoms. The Balaban J connectivity index is 3.56. The summed E-state index contributed by atoms with van der Waals surface area (Å²) in [6, 6.07) is 0. The summed E-state index contributed by atoms with van der Waals surface area (Å²) in [6.45, 7) is 4.07. The van der Waals surface area contributed by atoms with Gasteiger partial charge in [-0.2, -0.15) is 0 Å². The molecule has 0 aliphatic carbocycles. The van der Waals surface area contributed by atoms with Crippen LogP contribution in [0.25, 0.3) is 0 Å². The van der Waals surface area contributed by atoms with Crippen molar-refractivity contribution in [1.82, 2.24) is 0 Å². The van der Waals surface area contributed by atoms with Crippen LogP contribution in [0.5, 0.6) is 0 Å². The molecule has 0 spiro atoms. The summed E-state index contributed by atoms with van der Waals surface area (Å²) in [7, 11) is 0. The molecule has 3 nitrogen and oxygen atoms in total. The molecule has 0 radical (unpaired) electrons. The third kappa shape index (κ3) is 4.35. The van der Waals surface area contributed by atoms with Gasteiger partial charge in [0.2, 0.25) is 0 Å². The summed E-state index contributed by atoms with van der Waals surface area (Å²) in [5, 5.41) is 17.3. The summed E-state index contributed by atoms with van der Waals surface area (Å²) >= 11 is 0. The molecule has 0 aromatic carbocycles. The first-order valence-electron chi connectivity index (χ1n) is 4.24. The van der Waals surface area contributed by atoms with E-state index in [4.69, 9.17) is 10.4 Å². The first-order chi connectivity index (χ1) is 5.26. The SMILES string of the molecule is CCCCC(CC)C(O)OO. The maximum Gasteiger partial charge on any atom is 0.191 e. The fraction of sp³-hybridized carbons (Fsp3) is 1.00. The Morgan fingerprint density at radius 2 is 2.00 bits per heavy atom. The van der Waals surface area contributed by atoms with Gasteiger partial charge in [0.15, 0.2) is 6.29 Å². The van der Waals surface area contributed by atoms with E-state index in [9.17, 15) is 0 Å². The zero-order chi connectivity index (χ0) is 8.69. The third-order valence-electron chi connectivity index (χ3n) is 1.96. The molecule has 68 valence electrons. The van der Waals surface area contributed by atoms with Crippen LogP contribution in [-0.2, 0) is 4.89 Å². The second-order valence-electron chi connectivity index (χ2n) is 2.81. The van der Waals surface area contributed by atoms with Crippen LogP contribution < -0.4 is 0 Å². The zero-order valence-electron chi connectivity index (χ0n) is 7.29. The molecule has 0 saturated carbocycles. The lowest BCUT2D eigenvalue weighted by Crippen LogP contribution is -2.21. The fourth-order valence-electron chi connectivity index (χ4n) is 1.10. The van der Waals surface area contributed by atoms with Gasteiger partial charge < -0.3 is 5.11 Å². The van der Waals surface area contributed by atoms with E-state index in [0.717, 1.165) is 25.7 Å². The Kier molecular flexibility index (Phi) is 6.51.